The number of hydrogen-bond acceptors (Lipinski definition) is 14. The zero-order valence-electron chi connectivity index (χ0n) is 63.3. The van der Waals surface area contributed by atoms with Crippen molar-refractivity contribution in [3.05, 3.63) is 134 Å². The highest BCUT2D eigenvalue weighted by Crippen LogP contribution is 2.45. The molecule has 0 aromatic carbocycles. The molecule has 0 heterocycles. The van der Waals surface area contributed by atoms with Crippen molar-refractivity contribution >= 4 is 33.6 Å². The molecule has 16 nitrogen and oxygen atoms in total. The minimum Gasteiger partial charge on any atom is -0.463 e. The second kappa shape index (κ2) is 75.4. The summed E-state index contributed by atoms with van der Waals surface area (Å²) in [6, 6.07) is 0. The zero-order chi connectivity index (χ0) is 73.7. The number of allylic oxidation sites excluding steroid dienone is 22. The SMILES string of the molecule is CC/C=C\C/C=C\C/C=C\C/C=C\CCCCCCCCC(=O)OCC(COP(=O)(O)OCC(O)COP(=O)(O)OCC(O)COC(=O)CCCCCCCCCCCCCCC/C=C\C/C=C\C/C=C\C/C=C\CCCCC)OC(=O)CCCCCCCCC/C=C\C/C=C\C/C=C\CC. The van der Waals surface area contributed by atoms with Crippen LogP contribution >= 0.6 is 15.6 Å². The number of aliphatic hydroxyl groups excluding tert-OH is 2. The lowest BCUT2D eigenvalue weighted by Gasteiger charge is -2.21. The first-order chi connectivity index (χ1) is 49.2. The third-order valence-corrected chi connectivity index (χ3v) is 18.2. The standard InChI is InChI=1S/C83H142O16P2/c1-4-7-10-13-16-19-22-25-28-31-33-34-35-36-37-38-39-40-41-42-44-47-48-51-54-57-60-63-66-69-81(86)93-72-78(84)73-95-100(89,90)96-74-79(85)75-97-101(91,92)98-77-80(99-83(88)71-68-65-62-59-56-53-50-45-30-27-24-21-18-15-12-9-6-3)76-94-82(87)70-67-64-61-58-55-52-49-46-43-32-29-26-23-20-17-14-11-8-5-2/h8-9,11-12,16-21,25-30,33-34,36-37,43,46,78-80,84-85H,4-7,10,13-15,22-24,31-32,35,38-42,44-45,47-77H2,1-3H3,(H,89,90)(H,91,92)/b11-8-,12-9-,19-16-,20-17-,21-18-,28-25-,29-26-,30-27-,34-33-,37-36-,46-43-. The summed E-state index contributed by atoms with van der Waals surface area (Å²) in [6.45, 7) is 2.41. The van der Waals surface area contributed by atoms with E-state index in [1.807, 2.05) is 0 Å². The topological polar surface area (TPSA) is 231 Å². The maximum absolute atomic E-state index is 13.0. The normalized spacial score (nSPS) is 14.7. The van der Waals surface area contributed by atoms with Crippen molar-refractivity contribution in [3.63, 3.8) is 0 Å². The van der Waals surface area contributed by atoms with E-state index in [0.29, 0.717) is 19.3 Å². The third kappa shape index (κ3) is 76.6. The van der Waals surface area contributed by atoms with Crippen LogP contribution in [0.4, 0.5) is 0 Å². The van der Waals surface area contributed by atoms with Gasteiger partial charge in [-0.05, 0) is 135 Å². The van der Waals surface area contributed by atoms with Crippen molar-refractivity contribution in [1.82, 2.24) is 0 Å². The van der Waals surface area contributed by atoms with Gasteiger partial charge in [-0.3, -0.25) is 32.5 Å². The summed E-state index contributed by atoms with van der Waals surface area (Å²) >= 11 is 0. The Hall–Kier alpha value is -4.31. The molecular weight excluding hydrogens is 1310 g/mol. The lowest BCUT2D eigenvalue weighted by atomic mass is 10.0. The van der Waals surface area contributed by atoms with Gasteiger partial charge in [0.25, 0.3) is 0 Å². The van der Waals surface area contributed by atoms with Crippen LogP contribution in [0.15, 0.2) is 134 Å². The van der Waals surface area contributed by atoms with Crippen LogP contribution in [-0.2, 0) is 55.8 Å². The van der Waals surface area contributed by atoms with Gasteiger partial charge in [0.2, 0.25) is 0 Å². The van der Waals surface area contributed by atoms with E-state index in [4.69, 9.17) is 32.3 Å². The molecule has 580 valence electrons. The Morgan fingerprint density at radius 2 is 0.525 bits per heavy atom. The lowest BCUT2D eigenvalue weighted by Crippen LogP contribution is -2.30. The molecule has 5 atom stereocenters. The molecule has 0 aliphatic rings. The molecular formula is C83H142O16P2. The van der Waals surface area contributed by atoms with Crippen LogP contribution in [0.2, 0.25) is 0 Å². The highest BCUT2D eigenvalue weighted by Gasteiger charge is 2.29. The molecule has 0 radical (unpaired) electrons. The average Bonchev–Trinajstić information content (AvgIpc) is 1.07. The number of ether oxygens (including phenoxy) is 3. The Bertz CT molecular complexity index is 2370. The van der Waals surface area contributed by atoms with Crippen molar-refractivity contribution in [2.45, 2.75) is 334 Å². The van der Waals surface area contributed by atoms with Gasteiger partial charge in [0.05, 0.1) is 26.4 Å². The molecule has 0 saturated carbocycles. The number of phosphoric acid groups is 2. The van der Waals surface area contributed by atoms with Gasteiger partial charge < -0.3 is 34.2 Å². The summed E-state index contributed by atoms with van der Waals surface area (Å²) < 4.78 is 61.1. The first-order valence-electron chi connectivity index (χ1n) is 39.5. The molecule has 0 spiro atoms. The largest absolute Gasteiger partial charge is 0.472 e. The van der Waals surface area contributed by atoms with E-state index >= 15 is 0 Å². The summed E-state index contributed by atoms with van der Waals surface area (Å²) in [4.78, 5) is 58.7. The maximum atomic E-state index is 13.0. The Balaban J connectivity index is 4.55. The molecule has 0 aromatic heterocycles. The van der Waals surface area contributed by atoms with E-state index in [9.17, 15) is 43.5 Å². The Morgan fingerprint density at radius 1 is 0.287 bits per heavy atom. The fraction of sp³-hybridized carbons (Fsp3) is 0.699. The van der Waals surface area contributed by atoms with Crippen molar-refractivity contribution in [2.75, 3.05) is 39.6 Å². The van der Waals surface area contributed by atoms with Gasteiger partial charge in [0.1, 0.15) is 25.4 Å². The maximum Gasteiger partial charge on any atom is 0.472 e. The van der Waals surface area contributed by atoms with Crippen LogP contribution in [0.3, 0.4) is 0 Å². The molecule has 5 unspecified atom stereocenters. The van der Waals surface area contributed by atoms with Crippen molar-refractivity contribution in [1.29, 1.82) is 0 Å². The van der Waals surface area contributed by atoms with E-state index in [0.717, 1.165) is 173 Å². The van der Waals surface area contributed by atoms with Crippen molar-refractivity contribution in [2.24, 2.45) is 0 Å². The van der Waals surface area contributed by atoms with Gasteiger partial charge in [-0.2, -0.15) is 0 Å². The van der Waals surface area contributed by atoms with E-state index in [2.05, 4.69) is 154 Å². The van der Waals surface area contributed by atoms with Gasteiger partial charge in [0.15, 0.2) is 6.10 Å². The fourth-order valence-corrected chi connectivity index (χ4v) is 12.0. The summed E-state index contributed by atoms with van der Waals surface area (Å²) in [6.07, 6.45) is 90.7. The van der Waals surface area contributed by atoms with Crippen LogP contribution in [0, 0.1) is 0 Å². The Kier molecular flexibility index (Phi) is 72.2. The number of aliphatic hydroxyl groups is 2. The Morgan fingerprint density at radius 3 is 0.832 bits per heavy atom. The van der Waals surface area contributed by atoms with Crippen LogP contribution in [0.5, 0.6) is 0 Å². The molecule has 0 amide bonds. The molecule has 0 saturated heterocycles. The quantitative estimate of drug-likeness (QED) is 0.0146. The fourth-order valence-electron chi connectivity index (χ4n) is 10.4. The van der Waals surface area contributed by atoms with Crippen LogP contribution < -0.4 is 0 Å². The zero-order valence-corrected chi connectivity index (χ0v) is 65.1. The second-order valence-electron chi connectivity index (χ2n) is 26.1. The van der Waals surface area contributed by atoms with Gasteiger partial charge >= 0.3 is 33.6 Å². The number of carbonyl (C=O) groups is 3. The van der Waals surface area contributed by atoms with Crippen LogP contribution in [-0.4, -0.2) is 95.9 Å². The minimum atomic E-state index is -4.94. The number of rotatable bonds is 74. The van der Waals surface area contributed by atoms with E-state index < -0.39 is 91.5 Å². The number of phosphoric ester groups is 2. The molecule has 4 N–H and O–H groups in total. The van der Waals surface area contributed by atoms with E-state index in [1.165, 1.54) is 83.5 Å². The molecule has 0 aliphatic heterocycles. The van der Waals surface area contributed by atoms with Gasteiger partial charge in [-0.1, -0.05) is 296 Å². The monoisotopic (exact) mass is 1460 g/mol. The van der Waals surface area contributed by atoms with Crippen LogP contribution in [0.25, 0.3) is 0 Å². The average molecular weight is 1460 g/mol. The molecule has 101 heavy (non-hydrogen) atoms. The van der Waals surface area contributed by atoms with Gasteiger partial charge in [-0.15, -0.1) is 0 Å². The molecule has 18 heteroatoms. The number of unbranched alkanes of at least 4 members (excludes halogenated alkanes) is 29. The highest BCUT2D eigenvalue weighted by atomic mass is 31.2. The number of carbonyl (C=O) groups excluding carboxylic acids is 3. The molecule has 0 fully saturated rings. The first kappa shape index (κ1) is 96.7. The highest BCUT2D eigenvalue weighted by molar-refractivity contribution is 7.47. The van der Waals surface area contributed by atoms with Gasteiger partial charge in [-0.25, -0.2) is 9.13 Å². The van der Waals surface area contributed by atoms with Crippen molar-refractivity contribution < 1.29 is 75.8 Å². The minimum absolute atomic E-state index is 0.0869. The molecule has 0 rings (SSSR count). The summed E-state index contributed by atoms with van der Waals surface area (Å²) in [7, 11) is -9.80. The summed E-state index contributed by atoms with van der Waals surface area (Å²) in [5.74, 6) is -1.60. The van der Waals surface area contributed by atoms with Crippen LogP contribution in [0.1, 0.15) is 316 Å². The Labute approximate surface area is 614 Å². The third-order valence-electron chi connectivity index (χ3n) is 16.3. The first-order valence-corrected chi connectivity index (χ1v) is 42.5. The molecule has 0 aromatic rings. The predicted octanol–water partition coefficient (Wildman–Crippen LogP) is 23.1. The number of hydrogen-bond donors (Lipinski definition) is 4. The summed E-state index contributed by atoms with van der Waals surface area (Å²) in [5.41, 5.74) is 0. The van der Waals surface area contributed by atoms with E-state index in [1.54, 1.807) is 0 Å². The van der Waals surface area contributed by atoms with Gasteiger partial charge in [0, 0.05) is 19.3 Å². The molecule has 0 aliphatic carbocycles. The second-order valence-corrected chi connectivity index (χ2v) is 29.0. The van der Waals surface area contributed by atoms with E-state index in [-0.39, 0.29) is 19.3 Å². The lowest BCUT2D eigenvalue weighted by molar-refractivity contribution is -0.161. The number of esters is 3. The smallest absolute Gasteiger partial charge is 0.463 e. The summed E-state index contributed by atoms with van der Waals surface area (Å²) in [5, 5.41) is 20.6. The van der Waals surface area contributed by atoms with Crippen molar-refractivity contribution in [3.8, 4) is 0 Å². The molecule has 0 bridgehead atoms. The predicted molar refractivity (Wildman–Crippen MR) is 417 cm³/mol.